The van der Waals surface area contributed by atoms with Crippen LogP contribution in [-0.2, 0) is 11.3 Å². The first kappa shape index (κ1) is 24.6. The first-order valence-electron chi connectivity index (χ1n) is 10.7. The van der Waals surface area contributed by atoms with Crippen LogP contribution in [0.1, 0.15) is 42.3 Å². The summed E-state index contributed by atoms with van der Waals surface area (Å²) < 4.78 is 16.2. The smallest absolute Gasteiger partial charge is 0.407 e. The lowest BCUT2D eigenvalue weighted by molar-refractivity contribution is 0.100. The molecule has 1 heterocycles. The molecule has 0 aliphatic carbocycles. The Labute approximate surface area is 198 Å². The fourth-order valence-electron chi connectivity index (χ4n) is 3.44. The van der Waals surface area contributed by atoms with Crippen molar-refractivity contribution in [3.05, 3.63) is 53.2 Å². The van der Waals surface area contributed by atoms with Gasteiger partial charge >= 0.3 is 6.09 Å². The van der Waals surface area contributed by atoms with Gasteiger partial charge in [0.1, 0.15) is 6.61 Å². The van der Waals surface area contributed by atoms with Gasteiger partial charge in [-0.25, -0.2) is 4.79 Å². The van der Waals surface area contributed by atoms with Crippen LogP contribution in [0.25, 0.3) is 10.9 Å². The van der Waals surface area contributed by atoms with Gasteiger partial charge in [0.05, 0.1) is 31.0 Å². The number of carbonyl (C=O) groups excluding carboxylic acids is 2. The predicted octanol–water partition coefficient (Wildman–Crippen LogP) is 4.43. The van der Waals surface area contributed by atoms with Crippen molar-refractivity contribution in [1.29, 1.82) is 0 Å². The number of hydrogen-bond acceptors (Lipinski definition) is 7. The van der Waals surface area contributed by atoms with E-state index in [1.165, 1.54) is 13.3 Å². The molecule has 1 aromatic heterocycles. The summed E-state index contributed by atoms with van der Waals surface area (Å²) in [6, 6.07) is 9.06. The van der Waals surface area contributed by atoms with E-state index in [0.717, 1.165) is 16.8 Å². The largest absolute Gasteiger partial charge is 0.493 e. The highest BCUT2D eigenvalue weighted by atomic mass is 16.5. The molecular weight excluding hydrogens is 436 g/mol. The number of nitrogens with zero attached hydrogens (tertiary/aromatic N) is 1. The molecule has 0 bridgehead atoms. The summed E-state index contributed by atoms with van der Waals surface area (Å²) in [4.78, 5) is 28.6. The van der Waals surface area contributed by atoms with Crippen molar-refractivity contribution < 1.29 is 23.8 Å². The van der Waals surface area contributed by atoms with E-state index in [0.29, 0.717) is 28.1 Å². The van der Waals surface area contributed by atoms with Crippen molar-refractivity contribution in [3.63, 3.8) is 0 Å². The second-order valence-corrected chi connectivity index (χ2v) is 8.80. The lowest BCUT2D eigenvalue weighted by Crippen LogP contribution is -2.40. The number of benzene rings is 2. The highest BCUT2D eigenvalue weighted by molar-refractivity contribution is 6.08. The zero-order valence-electron chi connectivity index (χ0n) is 20.2. The van der Waals surface area contributed by atoms with E-state index in [9.17, 15) is 9.59 Å². The number of alkyl carbamates (subject to hydrolysis) is 1. The fraction of sp³-hybridized carbons (Fsp3) is 0.320. The lowest BCUT2D eigenvalue weighted by atomic mass is 10.0. The van der Waals surface area contributed by atoms with E-state index in [-0.39, 0.29) is 12.2 Å². The maximum Gasteiger partial charge on any atom is 0.407 e. The molecule has 0 aliphatic rings. The van der Waals surface area contributed by atoms with Gasteiger partial charge in [0.2, 0.25) is 0 Å². The number of fused-ring (bicyclic) bond motifs is 1. The molecule has 0 spiro atoms. The quantitative estimate of drug-likeness (QED) is 0.470. The fourth-order valence-corrected chi connectivity index (χ4v) is 3.44. The molecule has 3 aromatic rings. The van der Waals surface area contributed by atoms with Crippen molar-refractivity contribution in [2.45, 2.75) is 39.8 Å². The summed E-state index contributed by atoms with van der Waals surface area (Å²) in [5.41, 5.74) is 8.96. The van der Waals surface area contributed by atoms with Crippen LogP contribution >= 0.6 is 0 Å². The number of rotatable bonds is 7. The number of nitrogens with two attached hydrogens (primary N) is 1. The summed E-state index contributed by atoms with van der Waals surface area (Å²) in [7, 11) is 3.07. The molecule has 0 atom stereocenters. The van der Waals surface area contributed by atoms with Crippen LogP contribution in [-0.4, -0.2) is 36.7 Å². The molecule has 0 fully saturated rings. The van der Waals surface area contributed by atoms with E-state index >= 15 is 0 Å². The molecule has 0 unspecified atom stereocenters. The molecule has 180 valence electrons. The number of nitrogens with one attached hydrogen (secondary N) is 2. The SMILES string of the molecule is COc1cc2ncc(C(N)=O)c(Nc3cccc(COC(=O)NC(C)(C)C)c3C)c2cc1OC. The molecule has 0 radical (unpaired) electrons. The normalized spacial score (nSPS) is 11.1. The summed E-state index contributed by atoms with van der Waals surface area (Å²) >= 11 is 0. The monoisotopic (exact) mass is 466 g/mol. The molecule has 34 heavy (non-hydrogen) atoms. The van der Waals surface area contributed by atoms with Gasteiger partial charge in [-0.3, -0.25) is 9.78 Å². The Hall–Kier alpha value is -4.01. The standard InChI is InChI=1S/C25H30N4O5/c1-14-15(13-34-24(31)29-25(2,3)4)8-7-9-18(14)28-22-16-10-20(32-5)21(33-6)11-19(16)27-12-17(22)23(26)30/h7-12H,13H2,1-6H3,(H2,26,30)(H,27,28)(H,29,31). The number of pyridine rings is 1. The van der Waals surface area contributed by atoms with Crippen molar-refractivity contribution >= 4 is 34.3 Å². The van der Waals surface area contributed by atoms with Gasteiger partial charge in [-0.1, -0.05) is 12.1 Å². The third-order valence-electron chi connectivity index (χ3n) is 5.18. The Balaban J connectivity index is 2.00. The first-order valence-corrected chi connectivity index (χ1v) is 10.7. The maximum absolute atomic E-state index is 12.2. The van der Waals surface area contributed by atoms with Crippen LogP contribution in [0, 0.1) is 6.92 Å². The van der Waals surface area contributed by atoms with Crippen molar-refractivity contribution in [1.82, 2.24) is 10.3 Å². The molecule has 9 nitrogen and oxygen atoms in total. The summed E-state index contributed by atoms with van der Waals surface area (Å²) in [5.74, 6) is 0.386. The highest BCUT2D eigenvalue weighted by Gasteiger charge is 2.19. The third kappa shape index (κ3) is 5.48. The van der Waals surface area contributed by atoms with Crippen LogP contribution in [0.5, 0.6) is 11.5 Å². The Kier molecular flexibility index (Phi) is 7.14. The van der Waals surface area contributed by atoms with Gasteiger partial charge in [-0.15, -0.1) is 0 Å². The van der Waals surface area contributed by atoms with Gasteiger partial charge in [0.15, 0.2) is 11.5 Å². The predicted molar refractivity (Wildman–Crippen MR) is 131 cm³/mol. The van der Waals surface area contributed by atoms with Gasteiger partial charge in [0.25, 0.3) is 5.91 Å². The van der Waals surface area contributed by atoms with Crippen molar-refractivity contribution in [3.8, 4) is 11.5 Å². The minimum atomic E-state index is -0.623. The zero-order valence-corrected chi connectivity index (χ0v) is 20.2. The average molecular weight is 467 g/mol. The minimum Gasteiger partial charge on any atom is -0.493 e. The molecule has 2 aromatic carbocycles. The van der Waals surface area contributed by atoms with Crippen molar-refractivity contribution in [2.24, 2.45) is 5.73 Å². The maximum atomic E-state index is 12.2. The Morgan fingerprint density at radius 2 is 1.76 bits per heavy atom. The van der Waals surface area contributed by atoms with E-state index in [1.807, 2.05) is 45.9 Å². The van der Waals surface area contributed by atoms with E-state index < -0.39 is 17.5 Å². The van der Waals surface area contributed by atoms with Crippen molar-refractivity contribution in [2.75, 3.05) is 19.5 Å². The number of anilines is 2. The second-order valence-electron chi connectivity index (χ2n) is 8.80. The van der Waals surface area contributed by atoms with E-state index in [4.69, 9.17) is 19.9 Å². The van der Waals surface area contributed by atoms with Gasteiger partial charge in [-0.05, 0) is 51.0 Å². The molecule has 2 amide bonds. The van der Waals surface area contributed by atoms with Crippen LogP contribution in [0.4, 0.5) is 16.2 Å². The minimum absolute atomic E-state index is 0.0913. The number of aromatic nitrogens is 1. The number of hydrogen-bond donors (Lipinski definition) is 3. The molecule has 4 N–H and O–H groups in total. The average Bonchev–Trinajstić information content (AvgIpc) is 2.77. The molecule has 3 rings (SSSR count). The zero-order chi connectivity index (χ0) is 25.0. The van der Waals surface area contributed by atoms with E-state index in [1.54, 1.807) is 19.2 Å². The number of methoxy groups -OCH3 is 2. The Morgan fingerprint density at radius 3 is 2.38 bits per heavy atom. The van der Waals surface area contributed by atoms with Crippen LogP contribution in [0.2, 0.25) is 0 Å². The van der Waals surface area contributed by atoms with Gasteiger partial charge in [-0.2, -0.15) is 0 Å². The number of primary amides is 1. The molecule has 0 saturated heterocycles. The second kappa shape index (κ2) is 9.86. The third-order valence-corrected chi connectivity index (χ3v) is 5.18. The van der Waals surface area contributed by atoms with Gasteiger partial charge in [0, 0.05) is 28.9 Å². The van der Waals surface area contributed by atoms with Crippen LogP contribution in [0.15, 0.2) is 36.5 Å². The number of amides is 2. The molecule has 9 heteroatoms. The number of carbonyl (C=O) groups is 2. The highest BCUT2D eigenvalue weighted by Crippen LogP contribution is 2.37. The molecular formula is C25H30N4O5. The lowest BCUT2D eigenvalue weighted by Gasteiger charge is -2.21. The van der Waals surface area contributed by atoms with Crippen LogP contribution < -0.4 is 25.8 Å². The topological polar surface area (TPSA) is 125 Å². The number of ether oxygens (including phenoxy) is 3. The van der Waals surface area contributed by atoms with Gasteiger partial charge < -0.3 is 30.6 Å². The Bertz CT molecular complexity index is 1230. The summed E-state index contributed by atoms with van der Waals surface area (Å²) in [6.45, 7) is 7.63. The van der Waals surface area contributed by atoms with E-state index in [2.05, 4.69) is 15.6 Å². The summed E-state index contributed by atoms with van der Waals surface area (Å²) in [6.07, 6.45) is 0.931. The molecule has 0 saturated carbocycles. The first-order chi connectivity index (χ1) is 16.0. The van der Waals surface area contributed by atoms with Crippen LogP contribution in [0.3, 0.4) is 0 Å². The Morgan fingerprint density at radius 1 is 1.09 bits per heavy atom. The summed E-state index contributed by atoms with van der Waals surface area (Å²) in [5, 5.41) is 6.73. The molecule has 0 aliphatic heterocycles.